The van der Waals surface area contributed by atoms with E-state index in [2.05, 4.69) is 36.7 Å². The van der Waals surface area contributed by atoms with Crippen LogP contribution in [0.15, 0.2) is 54.6 Å². The van der Waals surface area contributed by atoms with Gasteiger partial charge < -0.3 is 44.9 Å². The van der Waals surface area contributed by atoms with Gasteiger partial charge in [-0.1, -0.05) is 81.4 Å². The van der Waals surface area contributed by atoms with Gasteiger partial charge in [-0.3, -0.25) is 28.8 Å². The van der Waals surface area contributed by atoms with Gasteiger partial charge in [-0.2, -0.15) is 0 Å². The maximum Gasteiger partial charge on any atom is 0.240 e. The van der Waals surface area contributed by atoms with E-state index in [1.54, 1.807) is 57.8 Å². The minimum atomic E-state index is -0.437. The van der Waals surface area contributed by atoms with E-state index in [0.29, 0.717) is 59.8 Å². The summed E-state index contributed by atoms with van der Waals surface area (Å²) in [7, 11) is 5.09. The summed E-state index contributed by atoms with van der Waals surface area (Å²) in [6.07, 6.45) is 15.2. The predicted octanol–water partition coefficient (Wildman–Crippen LogP) is 11.9. The number of nitrogens with one attached hydrogen (secondary N) is 3. The van der Waals surface area contributed by atoms with Gasteiger partial charge in [-0.15, -0.1) is 0 Å². The van der Waals surface area contributed by atoms with Crippen molar-refractivity contribution in [3.05, 3.63) is 87.2 Å². The maximum atomic E-state index is 13.7. The molecule has 0 unspecified atom stereocenters. The average molecular weight is 1240 g/mol. The van der Waals surface area contributed by atoms with Crippen molar-refractivity contribution in [2.75, 3.05) is 47.4 Å². The fraction of sp³-hybridized carbons (Fsp3) is 0.647. The van der Waals surface area contributed by atoms with Crippen LogP contribution in [0.3, 0.4) is 0 Å². The number of amides is 3. The number of nitrogens with zero attached hydrogens (tertiary/aromatic N) is 3. The zero-order valence-corrected chi connectivity index (χ0v) is 55.6. The van der Waals surface area contributed by atoms with Gasteiger partial charge in [0.05, 0.1) is 36.3 Å². The molecular formula is C68H103Cl2FN6O9. The third-order valence-electron chi connectivity index (χ3n) is 16.7. The van der Waals surface area contributed by atoms with Crippen LogP contribution >= 0.6 is 23.2 Å². The van der Waals surface area contributed by atoms with Gasteiger partial charge in [0, 0.05) is 56.9 Å². The molecule has 0 aliphatic heterocycles. The van der Waals surface area contributed by atoms with Gasteiger partial charge in [0.15, 0.2) is 17.3 Å². The van der Waals surface area contributed by atoms with E-state index in [0.717, 1.165) is 125 Å². The Hall–Kier alpha value is -5.13. The Balaban J connectivity index is 0.000000276. The number of carbonyl (C=O) groups is 6. The molecule has 3 aromatic rings. The van der Waals surface area contributed by atoms with E-state index in [9.17, 15) is 33.2 Å². The predicted molar refractivity (Wildman–Crippen MR) is 343 cm³/mol. The molecule has 0 bridgehead atoms. The Kier molecular flexibility index (Phi) is 31.6. The standard InChI is InChI=1S/C23H35ClN2O3.C23H35FN2O3.C22H33ClN2O3/c2*1-6-7-8-18-11-12-20(24)13-21(18)29-15(2)14-25-22(19-9-10-19)23(28)26(5)16(3)17(4)27;1-5-6-7-17-10-11-19(23)14-20(17)28-13-12-24-21(18-8-9-18)22(27)25(4)15(2)16(3)26/h2*11-13,15-16,19,22,25H,6-10,14H2,1-5H3;10-11,14-15,18,21,24H,5-9,12-13H2,1-4H3/t2*15-,16-,22+;15-,21+/m111/s1. The molecule has 15 nitrogen and oxygen atoms in total. The number of Topliss-reactive ketones (excluding diaryl/α,β-unsaturated/α-hetero) is 3. The van der Waals surface area contributed by atoms with Crippen molar-refractivity contribution < 1.29 is 47.4 Å². The second-order valence-corrected chi connectivity index (χ2v) is 25.1. The van der Waals surface area contributed by atoms with Crippen molar-refractivity contribution in [2.24, 2.45) is 17.8 Å². The molecule has 0 saturated heterocycles. The molecular weight excluding hydrogens is 1130 g/mol. The largest absolute Gasteiger partial charge is 0.492 e. The van der Waals surface area contributed by atoms with Gasteiger partial charge in [-0.05, 0) is 197 Å². The van der Waals surface area contributed by atoms with Crippen LogP contribution < -0.4 is 30.2 Å². The molecule has 18 heteroatoms. The second kappa shape index (κ2) is 37.0. The highest BCUT2D eigenvalue weighted by atomic mass is 35.5. The third kappa shape index (κ3) is 24.4. The van der Waals surface area contributed by atoms with Crippen molar-refractivity contribution in [2.45, 2.75) is 221 Å². The number of carbonyl (C=O) groups excluding carboxylic acids is 6. The molecule has 0 radical (unpaired) electrons. The van der Waals surface area contributed by atoms with Crippen LogP contribution in [-0.2, 0) is 48.0 Å². The number of aryl methyl sites for hydroxylation is 3. The van der Waals surface area contributed by atoms with Gasteiger partial charge in [0.25, 0.3) is 0 Å². The molecule has 3 N–H and O–H groups in total. The van der Waals surface area contributed by atoms with E-state index in [1.165, 1.54) is 37.8 Å². The van der Waals surface area contributed by atoms with Gasteiger partial charge in [0.2, 0.25) is 17.7 Å². The van der Waals surface area contributed by atoms with Crippen LogP contribution in [0.2, 0.25) is 10.0 Å². The summed E-state index contributed by atoms with van der Waals surface area (Å²) in [5.74, 6) is 2.74. The molecule has 0 spiro atoms. The van der Waals surface area contributed by atoms with Crippen molar-refractivity contribution in [1.29, 1.82) is 0 Å². The number of likely N-dealkylation sites (N-methyl/N-ethyl adjacent to an activating group) is 3. The second-order valence-electron chi connectivity index (χ2n) is 24.2. The van der Waals surface area contributed by atoms with Crippen LogP contribution in [-0.4, -0.2) is 146 Å². The first-order valence-corrected chi connectivity index (χ1v) is 32.4. The van der Waals surface area contributed by atoms with Crippen LogP contribution in [0.25, 0.3) is 0 Å². The van der Waals surface area contributed by atoms with Gasteiger partial charge >= 0.3 is 0 Å². The molecule has 86 heavy (non-hydrogen) atoms. The van der Waals surface area contributed by atoms with E-state index >= 15 is 0 Å². The molecule has 3 aliphatic rings. The quantitative estimate of drug-likeness (QED) is 0.0471. The zero-order valence-electron chi connectivity index (χ0n) is 54.1. The highest BCUT2D eigenvalue weighted by Gasteiger charge is 2.41. The third-order valence-corrected chi connectivity index (χ3v) is 17.2. The first kappa shape index (κ1) is 73.3. The number of hydrogen-bond acceptors (Lipinski definition) is 12. The molecule has 3 aromatic carbocycles. The van der Waals surface area contributed by atoms with Gasteiger partial charge in [0.1, 0.15) is 41.9 Å². The number of benzene rings is 3. The van der Waals surface area contributed by atoms with Crippen LogP contribution in [0, 0.1) is 23.6 Å². The summed E-state index contributed by atoms with van der Waals surface area (Å²) >= 11 is 12.3. The van der Waals surface area contributed by atoms with Crippen LogP contribution in [0.5, 0.6) is 17.2 Å². The lowest BCUT2D eigenvalue weighted by Gasteiger charge is -2.29. The number of rotatable bonds is 36. The first-order chi connectivity index (χ1) is 40.8. The van der Waals surface area contributed by atoms with Crippen molar-refractivity contribution in [1.82, 2.24) is 30.7 Å². The average Bonchev–Trinajstić information content (AvgIpc) is 4.37. The maximum absolute atomic E-state index is 13.7. The first-order valence-electron chi connectivity index (χ1n) is 31.7. The lowest BCUT2D eigenvalue weighted by molar-refractivity contribution is -0.139. The summed E-state index contributed by atoms with van der Waals surface area (Å²) < 4.78 is 31.9. The Morgan fingerprint density at radius 2 is 0.837 bits per heavy atom. The van der Waals surface area contributed by atoms with Crippen LogP contribution in [0.1, 0.15) is 170 Å². The number of halogens is 3. The molecule has 0 heterocycles. The Labute approximate surface area is 524 Å². The van der Waals surface area contributed by atoms with E-state index in [-0.39, 0.29) is 71.2 Å². The number of ketones is 3. The van der Waals surface area contributed by atoms with Gasteiger partial charge in [-0.25, -0.2) is 4.39 Å². The fourth-order valence-corrected chi connectivity index (χ4v) is 10.2. The topological polar surface area (TPSA) is 176 Å². The zero-order chi connectivity index (χ0) is 63.8. The number of unbranched alkanes of at least 4 members (excludes halogenated alkanes) is 3. The number of ether oxygens (including phenoxy) is 3. The normalized spacial score (nSPS) is 16.4. The number of hydrogen-bond donors (Lipinski definition) is 3. The summed E-state index contributed by atoms with van der Waals surface area (Å²) in [5.41, 5.74) is 3.33. The molecule has 3 fully saturated rings. The van der Waals surface area contributed by atoms with Crippen LogP contribution in [0.4, 0.5) is 4.39 Å². The molecule has 3 amide bonds. The molecule has 3 aliphatic carbocycles. The molecule has 0 aromatic heterocycles. The smallest absolute Gasteiger partial charge is 0.240 e. The van der Waals surface area contributed by atoms with Crippen molar-refractivity contribution >= 4 is 58.3 Å². The summed E-state index contributed by atoms with van der Waals surface area (Å²) in [5, 5.41) is 11.4. The summed E-state index contributed by atoms with van der Waals surface area (Å²) in [6.45, 7) is 22.2. The molecule has 3 saturated carbocycles. The summed E-state index contributed by atoms with van der Waals surface area (Å²) in [6, 6.07) is 14.2. The molecule has 8 atom stereocenters. The van der Waals surface area contributed by atoms with E-state index in [1.807, 2.05) is 50.2 Å². The van der Waals surface area contributed by atoms with Crippen molar-refractivity contribution in [3.8, 4) is 17.2 Å². The molecule has 6 rings (SSSR count). The Morgan fingerprint density at radius 3 is 1.19 bits per heavy atom. The highest BCUT2D eigenvalue weighted by Crippen LogP contribution is 2.36. The van der Waals surface area contributed by atoms with E-state index < -0.39 is 18.1 Å². The minimum absolute atomic E-state index is 0.00528. The highest BCUT2D eigenvalue weighted by molar-refractivity contribution is 6.31. The van der Waals surface area contributed by atoms with E-state index in [4.69, 9.17) is 37.4 Å². The lowest BCUT2D eigenvalue weighted by atomic mass is 10.1. The summed E-state index contributed by atoms with van der Waals surface area (Å²) in [4.78, 5) is 78.1. The monoisotopic (exact) mass is 1240 g/mol. The fourth-order valence-electron chi connectivity index (χ4n) is 9.84. The lowest BCUT2D eigenvalue weighted by Crippen LogP contribution is -2.52. The van der Waals surface area contributed by atoms with Crippen molar-refractivity contribution in [3.63, 3.8) is 0 Å². The minimum Gasteiger partial charge on any atom is -0.492 e. The Bertz CT molecular complexity index is 2530. The SMILES string of the molecule is CCCCc1ccc(Cl)cc1OCCN[C@H](C(=O)N(C)[C@H](C)C(C)=O)C1CC1.CCCCc1ccc(Cl)cc1O[C@H](C)CN[C@H](C(=O)N(C)[C@H](C)C(C)=O)C1CC1.CCCCc1ccc(F)cc1O[C@H](C)CN[C@H](C(=O)N(C)[C@H](C)C(C)=O)C1CC1. The Morgan fingerprint density at radius 1 is 0.512 bits per heavy atom. The molecule has 480 valence electrons.